The van der Waals surface area contributed by atoms with Crippen molar-refractivity contribution in [3.05, 3.63) is 97.6 Å². The van der Waals surface area contributed by atoms with Crippen LogP contribution >= 0.6 is 15.8 Å². The Balaban J connectivity index is 0.000000433. The molecule has 0 amide bonds. The first-order chi connectivity index (χ1) is 24.1. The van der Waals surface area contributed by atoms with Gasteiger partial charge in [-0.25, -0.2) is 0 Å². The summed E-state index contributed by atoms with van der Waals surface area (Å²) < 4.78 is 0. The van der Waals surface area contributed by atoms with Gasteiger partial charge in [0.2, 0.25) is 0 Å². The summed E-state index contributed by atoms with van der Waals surface area (Å²) in [4.78, 5) is 0. The average molecular weight is 878 g/mol. The number of unbranched alkanes of at least 4 members (excludes halogenated alkanes) is 12. The summed E-state index contributed by atoms with van der Waals surface area (Å²) in [6.07, 6.45) is 33.7. The third kappa shape index (κ3) is 19.6. The molecule has 4 aromatic carbocycles. The van der Waals surface area contributed by atoms with Crippen LogP contribution in [-0.4, -0.2) is 24.6 Å². The summed E-state index contributed by atoms with van der Waals surface area (Å²) in [6, 6.07) is 27.6. The van der Waals surface area contributed by atoms with Gasteiger partial charge in [0.1, 0.15) is 0 Å². The molecule has 0 aliphatic carbocycles. The van der Waals surface area contributed by atoms with Crippen molar-refractivity contribution in [1.29, 1.82) is 0 Å². The smallest absolute Gasteiger partial charge is 0 e. The summed E-state index contributed by atoms with van der Waals surface area (Å²) >= 11 is 0. The van der Waals surface area contributed by atoms with Crippen LogP contribution in [0.2, 0.25) is 0 Å². The quantitative estimate of drug-likeness (QED) is 0.0229. The van der Waals surface area contributed by atoms with Crippen molar-refractivity contribution in [3.8, 4) is 0 Å². The van der Waals surface area contributed by atoms with E-state index in [-0.39, 0.29) is 41.7 Å². The van der Waals surface area contributed by atoms with Gasteiger partial charge in [-0.05, 0) is 57.3 Å². The summed E-state index contributed by atoms with van der Waals surface area (Å²) in [5, 5.41) is 9.06. The van der Waals surface area contributed by atoms with E-state index in [2.05, 4.69) is 107 Å². The molecular weight excluding hydrogens is 805 g/mol. The number of benzene rings is 2. The van der Waals surface area contributed by atoms with Crippen LogP contribution in [0.4, 0.5) is 0 Å². The Morgan fingerprint density at radius 2 is 0.860 bits per heavy atom. The van der Waals surface area contributed by atoms with Gasteiger partial charge in [0.25, 0.3) is 0 Å². The molecule has 0 heterocycles. The van der Waals surface area contributed by atoms with Gasteiger partial charge in [0.15, 0.2) is 0 Å². The Hall–Kier alpha value is -1.13. The number of allylic oxidation sites excluding steroid dienone is 3. The summed E-state index contributed by atoms with van der Waals surface area (Å²) in [7, 11) is 0.128. The number of rotatable bonds is 23. The molecular formula is C47H72HfP2-2. The molecule has 0 aliphatic rings. The van der Waals surface area contributed by atoms with Crippen molar-refractivity contribution in [2.24, 2.45) is 0 Å². The first-order valence-corrected chi connectivity index (χ1v) is 23.6. The summed E-state index contributed by atoms with van der Waals surface area (Å²) in [5.74, 6) is 0. The SMILES string of the molecule is C=CC=CC.CCCCCCP(CCCCCC)c1cc2ccccc2[cH-]1.CCCCCCP(CCCCCC)c1cc2ccccc2[cH-]1.[Hf]. The van der Waals surface area contributed by atoms with Crippen LogP contribution in [0.25, 0.3) is 21.5 Å². The van der Waals surface area contributed by atoms with E-state index in [9.17, 15) is 0 Å². The molecule has 4 rings (SSSR count). The third-order valence-electron chi connectivity index (χ3n) is 9.39. The molecule has 0 radical (unpaired) electrons. The molecule has 0 spiro atoms. The molecule has 3 heteroatoms. The van der Waals surface area contributed by atoms with Gasteiger partial charge in [-0.1, -0.05) is 158 Å². The van der Waals surface area contributed by atoms with Crippen LogP contribution in [0.15, 0.2) is 97.6 Å². The van der Waals surface area contributed by atoms with Gasteiger partial charge in [-0.2, -0.15) is 12.1 Å². The van der Waals surface area contributed by atoms with Crippen molar-refractivity contribution in [2.45, 2.75) is 137 Å². The van der Waals surface area contributed by atoms with Gasteiger partial charge < -0.3 is 0 Å². The Morgan fingerprint density at radius 1 is 0.520 bits per heavy atom. The van der Waals surface area contributed by atoms with Gasteiger partial charge in [-0.3, -0.25) is 0 Å². The first-order valence-electron chi connectivity index (χ1n) is 20.2. The van der Waals surface area contributed by atoms with Crippen LogP contribution in [-0.2, 0) is 25.8 Å². The fourth-order valence-corrected chi connectivity index (χ4v) is 11.6. The molecule has 0 nitrogen and oxygen atoms in total. The van der Waals surface area contributed by atoms with Crippen molar-refractivity contribution < 1.29 is 25.8 Å². The molecule has 50 heavy (non-hydrogen) atoms. The van der Waals surface area contributed by atoms with Gasteiger partial charge in [0, 0.05) is 25.8 Å². The molecule has 276 valence electrons. The van der Waals surface area contributed by atoms with E-state index < -0.39 is 0 Å². The molecule has 0 aromatic heterocycles. The van der Waals surface area contributed by atoms with Crippen molar-refractivity contribution >= 4 is 48.0 Å². The Labute approximate surface area is 331 Å². The van der Waals surface area contributed by atoms with E-state index in [1.807, 2.05) is 19.1 Å². The zero-order valence-corrected chi connectivity index (χ0v) is 38.3. The largest absolute Gasteiger partial charge is 0.161 e. The average Bonchev–Trinajstić information content (AvgIpc) is 3.76. The van der Waals surface area contributed by atoms with Gasteiger partial charge in [0.05, 0.1) is 0 Å². The molecule has 0 saturated carbocycles. The second-order valence-corrected chi connectivity index (χ2v) is 18.6. The van der Waals surface area contributed by atoms with E-state index in [0.29, 0.717) is 0 Å². The van der Waals surface area contributed by atoms with Gasteiger partial charge in [-0.15, -0.1) is 80.7 Å². The molecule has 0 N–H and O–H groups in total. The molecule has 0 bridgehead atoms. The molecule has 4 aromatic rings. The van der Waals surface area contributed by atoms with E-state index in [1.54, 1.807) is 16.7 Å². The zero-order valence-electron chi connectivity index (χ0n) is 32.9. The van der Waals surface area contributed by atoms with Crippen molar-refractivity contribution in [1.82, 2.24) is 0 Å². The minimum Gasteiger partial charge on any atom is -0.161 e. The molecule has 0 unspecified atom stereocenters. The monoisotopic (exact) mass is 878 g/mol. The number of fused-ring (bicyclic) bond motifs is 2. The van der Waals surface area contributed by atoms with Crippen LogP contribution < -0.4 is 10.6 Å². The van der Waals surface area contributed by atoms with Gasteiger partial charge >= 0.3 is 0 Å². The van der Waals surface area contributed by atoms with Crippen LogP contribution in [0, 0.1) is 0 Å². The second-order valence-electron chi connectivity index (χ2n) is 13.7. The van der Waals surface area contributed by atoms with E-state index in [4.69, 9.17) is 0 Å². The molecule has 0 fully saturated rings. The summed E-state index contributed by atoms with van der Waals surface area (Å²) in [6.45, 7) is 14.6. The Morgan fingerprint density at radius 3 is 1.12 bits per heavy atom. The summed E-state index contributed by atoms with van der Waals surface area (Å²) in [5.41, 5.74) is 0. The Bertz CT molecular complexity index is 1190. The number of hydrogen-bond donors (Lipinski definition) is 0. The van der Waals surface area contributed by atoms with Crippen molar-refractivity contribution in [3.63, 3.8) is 0 Å². The third-order valence-corrected chi connectivity index (χ3v) is 14.8. The first kappa shape index (κ1) is 46.9. The standard InChI is InChI=1S/2C21H32P.C5H8.Hf/c2*1-3-5-7-11-15-22(16-12-8-6-4-2)21-17-19-13-9-10-14-20(19)18-21;1-3-5-4-2;/h2*9-10,13-14,17-18H,3-8,11-12,15-16H2,1-2H3;3-5H,1H2,2H3;/q2*-1;;. The zero-order chi connectivity index (χ0) is 35.4. The fraction of sp³-hybridized carbons (Fsp3) is 0.532. The van der Waals surface area contributed by atoms with E-state index in [1.165, 1.54) is 149 Å². The van der Waals surface area contributed by atoms with E-state index in [0.717, 1.165) is 0 Å². The predicted molar refractivity (Wildman–Crippen MR) is 233 cm³/mol. The molecule has 0 saturated heterocycles. The molecule has 0 atom stereocenters. The Kier molecular flexibility index (Phi) is 29.4. The minimum atomic E-state index is 0. The second kappa shape index (κ2) is 31.4. The van der Waals surface area contributed by atoms with Crippen LogP contribution in [0.1, 0.15) is 137 Å². The van der Waals surface area contributed by atoms with E-state index >= 15 is 0 Å². The minimum absolute atomic E-state index is 0. The van der Waals surface area contributed by atoms with Crippen molar-refractivity contribution in [2.75, 3.05) is 24.6 Å². The maximum Gasteiger partial charge on any atom is 0 e. The van der Waals surface area contributed by atoms with Crippen LogP contribution in [0.3, 0.4) is 0 Å². The molecule has 0 aliphatic heterocycles. The topological polar surface area (TPSA) is 0 Å². The predicted octanol–water partition coefficient (Wildman–Crippen LogP) is 15.4. The number of hydrogen-bond acceptors (Lipinski definition) is 0. The normalized spacial score (nSPS) is 11.1. The fourth-order valence-electron chi connectivity index (χ4n) is 6.43. The van der Waals surface area contributed by atoms with Crippen LogP contribution in [0.5, 0.6) is 0 Å². The maximum atomic E-state index is 3.46. The maximum absolute atomic E-state index is 3.46.